The van der Waals surface area contributed by atoms with Crippen molar-refractivity contribution in [1.82, 2.24) is 19.6 Å². The summed E-state index contributed by atoms with van der Waals surface area (Å²) in [6.45, 7) is 1.92. The third-order valence-electron chi connectivity index (χ3n) is 4.55. The number of aromatic nitrogens is 4. The SMILES string of the molecule is Cc1cn2ncnc(N)c2c1-c1ccc(NC(=O)Nc2cc(C(F)(F)F)ccn2)cc1. The van der Waals surface area contributed by atoms with Crippen LogP contribution in [-0.2, 0) is 6.18 Å². The Kier molecular flexibility index (Phi) is 4.93. The van der Waals surface area contributed by atoms with Crippen molar-refractivity contribution in [2.24, 2.45) is 0 Å². The average molecular weight is 427 g/mol. The van der Waals surface area contributed by atoms with Gasteiger partial charge in [0.05, 0.1) is 5.56 Å². The Balaban J connectivity index is 1.51. The number of halogens is 3. The fraction of sp³-hybridized carbons (Fsp3) is 0.100. The van der Waals surface area contributed by atoms with Crippen molar-refractivity contribution in [3.8, 4) is 11.1 Å². The zero-order valence-electron chi connectivity index (χ0n) is 16.1. The second kappa shape index (κ2) is 7.59. The van der Waals surface area contributed by atoms with Gasteiger partial charge in [0.2, 0.25) is 0 Å². The molecule has 0 atom stereocenters. The number of amides is 2. The van der Waals surface area contributed by atoms with Crippen LogP contribution in [0, 0.1) is 6.92 Å². The predicted molar refractivity (Wildman–Crippen MR) is 109 cm³/mol. The van der Waals surface area contributed by atoms with Gasteiger partial charge >= 0.3 is 12.2 Å². The Bertz CT molecular complexity index is 1270. The number of hydrogen-bond acceptors (Lipinski definition) is 5. The Morgan fingerprint density at radius 3 is 2.55 bits per heavy atom. The Morgan fingerprint density at radius 1 is 1.10 bits per heavy atom. The molecule has 2 amide bonds. The molecule has 8 nitrogen and oxygen atoms in total. The first kappa shape index (κ1) is 20.1. The van der Waals surface area contributed by atoms with Gasteiger partial charge in [0.1, 0.15) is 17.7 Å². The number of carbonyl (C=O) groups is 1. The number of urea groups is 1. The summed E-state index contributed by atoms with van der Waals surface area (Å²) in [5.74, 6) is 0.128. The number of nitrogens with one attached hydrogen (secondary N) is 2. The highest BCUT2D eigenvalue weighted by Crippen LogP contribution is 2.32. The van der Waals surface area contributed by atoms with Gasteiger partial charge in [0, 0.05) is 23.6 Å². The molecule has 0 saturated heterocycles. The van der Waals surface area contributed by atoms with Crippen LogP contribution in [0.4, 0.5) is 35.3 Å². The van der Waals surface area contributed by atoms with Crippen LogP contribution in [0.2, 0.25) is 0 Å². The first-order chi connectivity index (χ1) is 14.7. The normalized spacial score (nSPS) is 11.5. The van der Waals surface area contributed by atoms with Crippen LogP contribution in [0.5, 0.6) is 0 Å². The lowest BCUT2D eigenvalue weighted by Gasteiger charge is -2.10. The average Bonchev–Trinajstić information content (AvgIpc) is 3.05. The van der Waals surface area contributed by atoms with Gasteiger partial charge in [-0.15, -0.1) is 0 Å². The minimum Gasteiger partial charge on any atom is -0.382 e. The van der Waals surface area contributed by atoms with E-state index in [9.17, 15) is 18.0 Å². The first-order valence-electron chi connectivity index (χ1n) is 9.02. The molecule has 0 spiro atoms. The summed E-state index contributed by atoms with van der Waals surface area (Å²) in [6, 6.07) is 7.76. The molecule has 0 bridgehead atoms. The molecular weight excluding hydrogens is 411 g/mol. The monoisotopic (exact) mass is 427 g/mol. The van der Waals surface area contributed by atoms with Crippen molar-refractivity contribution in [3.05, 3.63) is 66.2 Å². The van der Waals surface area contributed by atoms with E-state index in [4.69, 9.17) is 5.73 Å². The van der Waals surface area contributed by atoms with Crippen molar-refractivity contribution < 1.29 is 18.0 Å². The number of pyridine rings is 1. The number of fused-ring (bicyclic) bond motifs is 1. The number of rotatable bonds is 3. The number of aryl methyl sites for hydroxylation is 1. The molecule has 0 radical (unpaired) electrons. The fourth-order valence-corrected chi connectivity index (χ4v) is 3.19. The summed E-state index contributed by atoms with van der Waals surface area (Å²) in [6.07, 6.45) is -0.338. The van der Waals surface area contributed by atoms with Crippen LogP contribution in [0.1, 0.15) is 11.1 Å². The number of benzene rings is 1. The van der Waals surface area contributed by atoms with E-state index in [1.807, 2.05) is 13.1 Å². The van der Waals surface area contributed by atoms with Gasteiger partial charge in [-0.3, -0.25) is 5.32 Å². The lowest BCUT2D eigenvalue weighted by atomic mass is 10.0. The highest BCUT2D eigenvalue weighted by atomic mass is 19.4. The Labute approximate surface area is 173 Å². The molecule has 0 fully saturated rings. The summed E-state index contributed by atoms with van der Waals surface area (Å²) >= 11 is 0. The first-order valence-corrected chi connectivity index (χ1v) is 9.02. The number of anilines is 3. The van der Waals surface area contributed by atoms with Gasteiger partial charge in [0.25, 0.3) is 0 Å². The molecule has 3 aromatic heterocycles. The molecule has 158 valence electrons. The maximum atomic E-state index is 12.8. The maximum absolute atomic E-state index is 12.8. The molecule has 11 heteroatoms. The lowest BCUT2D eigenvalue weighted by molar-refractivity contribution is -0.137. The highest BCUT2D eigenvalue weighted by Gasteiger charge is 2.30. The molecule has 4 aromatic rings. The molecule has 3 heterocycles. The molecule has 0 saturated carbocycles. The van der Waals surface area contributed by atoms with Gasteiger partial charge in [0.15, 0.2) is 5.82 Å². The third kappa shape index (κ3) is 4.10. The molecule has 4 rings (SSSR count). The smallest absolute Gasteiger partial charge is 0.382 e. The predicted octanol–water partition coefficient (Wildman–Crippen LogP) is 4.34. The number of alkyl halides is 3. The number of hydrogen-bond donors (Lipinski definition) is 3. The van der Waals surface area contributed by atoms with E-state index in [0.717, 1.165) is 35.0 Å². The van der Waals surface area contributed by atoms with Gasteiger partial charge in [-0.2, -0.15) is 18.3 Å². The zero-order chi connectivity index (χ0) is 22.2. The fourth-order valence-electron chi connectivity index (χ4n) is 3.19. The van der Waals surface area contributed by atoms with E-state index in [1.165, 1.54) is 6.33 Å². The molecular formula is C20H16F3N7O. The van der Waals surface area contributed by atoms with E-state index in [2.05, 4.69) is 25.7 Å². The molecule has 4 N–H and O–H groups in total. The zero-order valence-corrected chi connectivity index (χ0v) is 16.1. The van der Waals surface area contributed by atoms with Crippen LogP contribution < -0.4 is 16.4 Å². The third-order valence-corrected chi connectivity index (χ3v) is 4.55. The summed E-state index contributed by atoms with van der Waals surface area (Å²) in [5.41, 5.74) is 8.87. The van der Waals surface area contributed by atoms with Crippen molar-refractivity contribution in [2.45, 2.75) is 13.1 Å². The van der Waals surface area contributed by atoms with Crippen LogP contribution >= 0.6 is 0 Å². The number of nitrogens with zero attached hydrogens (tertiary/aromatic N) is 4. The number of carbonyl (C=O) groups excluding carboxylic acids is 1. The van der Waals surface area contributed by atoms with E-state index >= 15 is 0 Å². The standard InChI is InChI=1S/C20H16F3N7O/c1-11-9-30-17(18(24)26-10-27-30)16(11)12-2-4-14(5-3-12)28-19(31)29-15-8-13(6-7-25-15)20(21,22)23/h2-10H,1H3,(H2,24,26,27)(H2,25,28,29,31). The van der Waals surface area contributed by atoms with Gasteiger partial charge in [-0.05, 0) is 42.3 Å². The van der Waals surface area contributed by atoms with E-state index in [1.54, 1.807) is 28.8 Å². The molecule has 0 unspecified atom stereocenters. The largest absolute Gasteiger partial charge is 0.416 e. The van der Waals surface area contributed by atoms with E-state index < -0.39 is 17.8 Å². The summed E-state index contributed by atoms with van der Waals surface area (Å²) < 4.78 is 40.0. The van der Waals surface area contributed by atoms with Crippen molar-refractivity contribution in [1.29, 1.82) is 0 Å². The van der Waals surface area contributed by atoms with Crippen molar-refractivity contribution in [2.75, 3.05) is 16.4 Å². The second-order valence-corrected chi connectivity index (χ2v) is 6.71. The molecule has 1 aromatic carbocycles. The number of nitrogens with two attached hydrogens (primary N) is 1. The number of nitrogen functional groups attached to an aromatic ring is 1. The second-order valence-electron chi connectivity index (χ2n) is 6.71. The van der Waals surface area contributed by atoms with E-state index in [0.29, 0.717) is 17.0 Å². The minimum atomic E-state index is -4.53. The quantitative estimate of drug-likeness (QED) is 0.450. The Morgan fingerprint density at radius 2 is 1.84 bits per heavy atom. The van der Waals surface area contributed by atoms with Crippen LogP contribution in [0.3, 0.4) is 0 Å². The topological polar surface area (TPSA) is 110 Å². The summed E-state index contributed by atoms with van der Waals surface area (Å²) in [5, 5.41) is 9.00. The van der Waals surface area contributed by atoms with Crippen molar-refractivity contribution >= 4 is 28.9 Å². The molecule has 0 aliphatic carbocycles. The van der Waals surface area contributed by atoms with Crippen molar-refractivity contribution in [3.63, 3.8) is 0 Å². The molecule has 31 heavy (non-hydrogen) atoms. The summed E-state index contributed by atoms with van der Waals surface area (Å²) in [7, 11) is 0. The minimum absolute atomic E-state index is 0.213. The summed E-state index contributed by atoms with van der Waals surface area (Å²) in [4.78, 5) is 19.9. The highest BCUT2D eigenvalue weighted by molar-refractivity contribution is 5.99. The van der Waals surface area contributed by atoms with Gasteiger partial charge in [-0.1, -0.05) is 12.1 Å². The van der Waals surface area contributed by atoms with Gasteiger partial charge in [-0.25, -0.2) is 19.3 Å². The molecule has 0 aliphatic rings. The Hall–Kier alpha value is -4.15. The van der Waals surface area contributed by atoms with E-state index in [-0.39, 0.29) is 5.82 Å². The van der Waals surface area contributed by atoms with Gasteiger partial charge < -0.3 is 11.1 Å². The molecule has 0 aliphatic heterocycles. The lowest BCUT2D eigenvalue weighted by Crippen LogP contribution is -2.20. The van der Waals surface area contributed by atoms with Crippen LogP contribution in [-0.4, -0.2) is 25.6 Å². The maximum Gasteiger partial charge on any atom is 0.416 e. The van der Waals surface area contributed by atoms with Crippen LogP contribution in [0.15, 0.2) is 55.1 Å². The van der Waals surface area contributed by atoms with Crippen LogP contribution in [0.25, 0.3) is 16.6 Å².